The Hall–Kier alpha value is -0.400. The van der Waals surface area contributed by atoms with Gasteiger partial charge in [0.2, 0.25) is 10.0 Å². The maximum Gasteiger partial charge on any atom is 0.208 e. The Kier molecular flexibility index (Phi) is 5.11. The standard InChI is InChI=1S/C5H13N3O2S2/c1-12(9,10)8-4-2-3-7-5(6)11/h8H,2-4H2,1H3,(H3,6,7,11). The summed E-state index contributed by atoms with van der Waals surface area (Å²) >= 11 is 4.55. The zero-order valence-corrected chi connectivity index (χ0v) is 8.46. The van der Waals surface area contributed by atoms with Gasteiger partial charge in [-0.25, -0.2) is 13.1 Å². The summed E-state index contributed by atoms with van der Waals surface area (Å²) in [6.07, 6.45) is 1.78. The molecule has 0 fully saturated rings. The van der Waals surface area contributed by atoms with E-state index in [1.54, 1.807) is 0 Å². The summed E-state index contributed by atoms with van der Waals surface area (Å²) in [5.41, 5.74) is 5.14. The maximum atomic E-state index is 10.5. The highest BCUT2D eigenvalue weighted by Crippen LogP contribution is 1.77. The van der Waals surface area contributed by atoms with Crippen LogP contribution in [0.2, 0.25) is 0 Å². The zero-order valence-electron chi connectivity index (χ0n) is 6.83. The molecule has 0 atom stereocenters. The lowest BCUT2D eigenvalue weighted by Crippen LogP contribution is -2.32. The van der Waals surface area contributed by atoms with Crippen LogP contribution in [0.25, 0.3) is 0 Å². The molecular formula is C5H13N3O2S2. The molecular weight excluding hydrogens is 198 g/mol. The summed E-state index contributed by atoms with van der Waals surface area (Å²) in [4.78, 5) is 0. The Bertz CT molecular complexity index is 237. The number of nitrogens with two attached hydrogens (primary N) is 1. The fourth-order valence-corrected chi connectivity index (χ4v) is 1.17. The summed E-state index contributed by atoms with van der Waals surface area (Å²) in [6, 6.07) is 0. The fourth-order valence-electron chi connectivity index (χ4n) is 0.558. The number of hydrogen-bond acceptors (Lipinski definition) is 3. The van der Waals surface area contributed by atoms with Crippen LogP contribution < -0.4 is 15.8 Å². The number of rotatable bonds is 5. The molecule has 0 aliphatic carbocycles. The van der Waals surface area contributed by atoms with Crippen molar-refractivity contribution in [1.82, 2.24) is 10.0 Å². The Labute approximate surface area is 77.8 Å². The van der Waals surface area contributed by atoms with Crippen molar-refractivity contribution in [3.05, 3.63) is 0 Å². The van der Waals surface area contributed by atoms with Gasteiger partial charge in [0.15, 0.2) is 5.11 Å². The van der Waals surface area contributed by atoms with Gasteiger partial charge >= 0.3 is 0 Å². The second-order valence-corrected chi connectivity index (χ2v) is 4.58. The molecule has 12 heavy (non-hydrogen) atoms. The molecule has 0 amide bonds. The summed E-state index contributed by atoms with van der Waals surface area (Å²) in [5, 5.41) is 2.94. The molecule has 72 valence electrons. The fraction of sp³-hybridized carbons (Fsp3) is 0.800. The van der Waals surface area contributed by atoms with Crippen LogP contribution in [-0.2, 0) is 10.0 Å². The van der Waals surface area contributed by atoms with Crippen LogP contribution in [0.15, 0.2) is 0 Å². The molecule has 4 N–H and O–H groups in total. The average Bonchev–Trinajstić information content (AvgIpc) is 1.83. The van der Waals surface area contributed by atoms with Crippen LogP contribution in [0.4, 0.5) is 0 Å². The molecule has 0 spiro atoms. The van der Waals surface area contributed by atoms with E-state index in [1.165, 1.54) is 0 Å². The monoisotopic (exact) mass is 211 g/mol. The second kappa shape index (κ2) is 5.28. The summed E-state index contributed by atoms with van der Waals surface area (Å²) < 4.78 is 23.4. The van der Waals surface area contributed by atoms with Crippen LogP contribution in [-0.4, -0.2) is 32.9 Å². The lowest BCUT2D eigenvalue weighted by molar-refractivity contribution is 0.584. The minimum absolute atomic E-state index is 0.231. The van der Waals surface area contributed by atoms with Crippen molar-refractivity contribution in [1.29, 1.82) is 0 Å². The highest BCUT2D eigenvalue weighted by atomic mass is 32.2. The van der Waals surface area contributed by atoms with Gasteiger partial charge < -0.3 is 11.1 Å². The Balaban J connectivity index is 3.29. The van der Waals surface area contributed by atoms with E-state index in [2.05, 4.69) is 22.3 Å². The highest BCUT2D eigenvalue weighted by molar-refractivity contribution is 7.88. The van der Waals surface area contributed by atoms with Crippen molar-refractivity contribution in [2.45, 2.75) is 6.42 Å². The average molecular weight is 211 g/mol. The van der Waals surface area contributed by atoms with Gasteiger partial charge in [0.05, 0.1) is 6.26 Å². The van der Waals surface area contributed by atoms with E-state index < -0.39 is 10.0 Å². The molecule has 0 aliphatic heterocycles. The van der Waals surface area contributed by atoms with E-state index in [0.29, 0.717) is 19.5 Å². The van der Waals surface area contributed by atoms with Crippen LogP contribution in [0.5, 0.6) is 0 Å². The minimum atomic E-state index is -3.07. The van der Waals surface area contributed by atoms with E-state index in [0.717, 1.165) is 6.26 Å². The van der Waals surface area contributed by atoms with Gasteiger partial charge in [-0.1, -0.05) is 0 Å². The van der Waals surface area contributed by atoms with Gasteiger partial charge in [0, 0.05) is 13.1 Å². The molecule has 0 aromatic rings. The third kappa shape index (κ3) is 9.60. The van der Waals surface area contributed by atoms with E-state index in [1.807, 2.05) is 0 Å². The van der Waals surface area contributed by atoms with E-state index in [9.17, 15) is 8.42 Å². The first-order valence-electron chi connectivity index (χ1n) is 3.40. The number of thiocarbonyl (C=S) groups is 1. The molecule has 0 bridgehead atoms. The van der Waals surface area contributed by atoms with Crippen LogP contribution in [0.1, 0.15) is 6.42 Å². The summed E-state index contributed by atoms with van der Waals surface area (Å²) in [7, 11) is -3.07. The molecule has 0 radical (unpaired) electrons. The van der Waals surface area contributed by atoms with Gasteiger partial charge in [0.1, 0.15) is 0 Å². The van der Waals surface area contributed by atoms with Crippen molar-refractivity contribution in [3.8, 4) is 0 Å². The molecule has 5 nitrogen and oxygen atoms in total. The molecule has 0 aromatic heterocycles. The van der Waals surface area contributed by atoms with Gasteiger partial charge in [-0.2, -0.15) is 0 Å². The van der Waals surface area contributed by atoms with E-state index >= 15 is 0 Å². The summed E-state index contributed by atoms with van der Waals surface area (Å²) in [6.45, 7) is 0.978. The minimum Gasteiger partial charge on any atom is -0.376 e. The van der Waals surface area contributed by atoms with Gasteiger partial charge in [-0.15, -0.1) is 0 Å². The number of sulfonamides is 1. The number of hydrogen-bond donors (Lipinski definition) is 3. The Morgan fingerprint density at radius 3 is 2.50 bits per heavy atom. The van der Waals surface area contributed by atoms with Crippen LogP contribution in [0, 0.1) is 0 Å². The third-order valence-corrected chi connectivity index (χ3v) is 1.89. The molecule has 7 heteroatoms. The second-order valence-electron chi connectivity index (χ2n) is 2.31. The molecule has 0 heterocycles. The number of nitrogens with one attached hydrogen (secondary N) is 2. The first-order valence-corrected chi connectivity index (χ1v) is 5.70. The normalized spacial score (nSPS) is 11.1. The lowest BCUT2D eigenvalue weighted by atomic mass is 10.4. The predicted octanol–water partition coefficient (Wildman–Crippen LogP) is -1.24. The first-order chi connectivity index (χ1) is 5.42. The van der Waals surface area contributed by atoms with Gasteiger partial charge in [-0.05, 0) is 18.6 Å². The lowest BCUT2D eigenvalue weighted by Gasteiger charge is -2.03. The molecule has 0 unspecified atom stereocenters. The van der Waals surface area contributed by atoms with E-state index in [-0.39, 0.29) is 5.11 Å². The molecule has 0 saturated heterocycles. The van der Waals surface area contributed by atoms with Gasteiger partial charge in [-0.3, -0.25) is 0 Å². The Morgan fingerprint density at radius 1 is 1.50 bits per heavy atom. The van der Waals surface area contributed by atoms with Crippen LogP contribution >= 0.6 is 12.2 Å². The van der Waals surface area contributed by atoms with Crippen molar-refractivity contribution < 1.29 is 8.42 Å². The van der Waals surface area contributed by atoms with Crippen molar-refractivity contribution >= 4 is 27.4 Å². The first kappa shape index (κ1) is 11.6. The van der Waals surface area contributed by atoms with Gasteiger partial charge in [0.25, 0.3) is 0 Å². The van der Waals surface area contributed by atoms with Crippen molar-refractivity contribution in [2.24, 2.45) is 5.73 Å². The predicted molar refractivity (Wildman–Crippen MR) is 52.3 cm³/mol. The zero-order chi connectivity index (χ0) is 9.61. The quantitative estimate of drug-likeness (QED) is 0.391. The molecule has 0 saturated carbocycles. The summed E-state index contributed by atoms with van der Waals surface area (Å²) in [5.74, 6) is 0. The van der Waals surface area contributed by atoms with Crippen molar-refractivity contribution in [2.75, 3.05) is 19.3 Å². The molecule has 0 rings (SSSR count). The smallest absolute Gasteiger partial charge is 0.208 e. The SMILES string of the molecule is CS(=O)(=O)NCCCNC(N)=S. The Morgan fingerprint density at radius 2 is 2.08 bits per heavy atom. The third-order valence-electron chi connectivity index (χ3n) is 1.02. The topological polar surface area (TPSA) is 84.2 Å². The molecule has 0 aliphatic rings. The van der Waals surface area contributed by atoms with Crippen LogP contribution in [0.3, 0.4) is 0 Å². The highest BCUT2D eigenvalue weighted by Gasteiger charge is 1.97. The van der Waals surface area contributed by atoms with Crippen molar-refractivity contribution in [3.63, 3.8) is 0 Å². The largest absolute Gasteiger partial charge is 0.376 e. The van der Waals surface area contributed by atoms with E-state index in [4.69, 9.17) is 5.73 Å². The molecule has 0 aromatic carbocycles. The maximum absolute atomic E-state index is 10.5.